The standard InChI is InChI=1S/C23H22F2N6O2/c1-4-6-15-17(5-2)33-20(12-7-13(24)9-14(25)8-12)18(19(15)32)11(3)29-22-16(10-26)21(27)30-23(28)31-22/h5-9,11H,4H2,1-3H3,(H5,27,28,29,30,31)/b15-6+,17-5+. The van der Waals surface area contributed by atoms with Crippen molar-refractivity contribution in [3.63, 3.8) is 0 Å². The molecule has 0 aliphatic carbocycles. The van der Waals surface area contributed by atoms with Crippen LogP contribution in [0.4, 0.5) is 26.4 Å². The minimum Gasteiger partial charge on any atom is -0.456 e. The van der Waals surface area contributed by atoms with Gasteiger partial charge in [-0.3, -0.25) is 4.79 Å². The number of nitrogen functional groups attached to an aromatic ring is 2. The number of nitrogens with two attached hydrogens (primary N) is 2. The molecule has 8 nitrogen and oxygen atoms in total. The van der Waals surface area contributed by atoms with Gasteiger partial charge in [0, 0.05) is 11.6 Å². The molecule has 3 aromatic rings. The van der Waals surface area contributed by atoms with Gasteiger partial charge in [-0.1, -0.05) is 13.0 Å². The topological polar surface area (TPSA) is 144 Å². The molecule has 0 aliphatic rings. The van der Waals surface area contributed by atoms with E-state index in [4.69, 9.17) is 15.9 Å². The average molecular weight is 452 g/mol. The first-order chi connectivity index (χ1) is 15.7. The van der Waals surface area contributed by atoms with E-state index in [1.165, 1.54) is 0 Å². The highest BCUT2D eigenvalue weighted by Crippen LogP contribution is 2.29. The van der Waals surface area contributed by atoms with Gasteiger partial charge in [0.1, 0.15) is 40.3 Å². The second kappa shape index (κ2) is 9.48. The number of rotatable bonds is 5. The molecular weight excluding hydrogens is 430 g/mol. The Morgan fingerprint density at radius 1 is 1.24 bits per heavy atom. The summed E-state index contributed by atoms with van der Waals surface area (Å²) in [6.45, 7) is 5.17. The third-order valence-electron chi connectivity index (χ3n) is 4.86. The van der Waals surface area contributed by atoms with Gasteiger partial charge in [0.25, 0.3) is 0 Å². The van der Waals surface area contributed by atoms with Crippen molar-refractivity contribution in [2.75, 3.05) is 16.8 Å². The van der Waals surface area contributed by atoms with E-state index in [1.54, 1.807) is 26.0 Å². The molecular formula is C23H22F2N6O2. The number of nitriles is 1. The molecule has 0 aliphatic heterocycles. The van der Waals surface area contributed by atoms with Crippen molar-refractivity contribution >= 4 is 29.7 Å². The number of nitrogens with zero attached hydrogens (tertiary/aromatic N) is 3. The van der Waals surface area contributed by atoms with Gasteiger partial charge in [-0.25, -0.2) is 8.78 Å². The van der Waals surface area contributed by atoms with Crippen LogP contribution in [-0.4, -0.2) is 9.97 Å². The number of hydrogen-bond donors (Lipinski definition) is 3. The molecule has 10 heteroatoms. The second-order valence-electron chi connectivity index (χ2n) is 7.18. The predicted octanol–water partition coefficient (Wildman–Crippen LogP) is 2.58. The summed E-state index contributed by atoms with van der Waals surface area (Å²) in [4.78, 5) is 21.3. The normalized spacial score (nSPS) is 13.1. The third kappa shape index (κ3) is 4.67. The van der Waals surface area contributed by atoms with Gasteiger partial charge in [0.15, 0.2) is 11.2 Å². The molecule has 0 saturated heterocycles. The molecule has 5 N–H and O–H groups in total. The monoisotopic (exact) mass is 452 g/mol. The van der Waals surface area contributed by atoms with Gasteiger partial charge in [-0.15, -0.1) is 0 Å². The molecule has 0 radical (unpaired) electrons. The fourth-order valence-corrected chi connectivity index (χ4v) is 3.47. The molecule has 0 fully saturated rings. The van der Waals surface area contributed by atoms with E-state index in [0.717, 1.165) is 18.2 Å². The minimum atomic E-state index is -0.825. The number of benzene rings is 1. The largest absolute Gasteiger partial charge is 0.456 e. The lowest BCUT2D eigenvalue weighted by Gasteiger charge is -2.19. The Hall–Kier alpha value is -4.26. The van der Waals surface area contributed by atoms with E-state index >= 15 is 0 Å². The summed E-state index contributed by atoms with van der Waals surface area (Å²) in [5.41, 5.74) is 11.4. The predicted molar refractivity (Wildman–Crippen MR) is 122 cm³/mol. The van der Waals surface area contributed by atoms with Crippen LogP contribution >= 0.6 is 0 Å². The van der Waals surface area contributed by atoms with E-state index < -0.39 is 23.1 Å². The third-order valence-corrected chi connectivity index (χ3v) is 4.86. The van der Waals surface area contributed by atoms with E-state index in [0.29, 0.717) is 11.6 Å². The molecule has 170 valence electrons. The summed E-state index contributed by atoms with van der Waals surface area (Å²) in [6, 6.07) is 3.94. The van der Waals surface area contributed by atoms with Gasteiger partial charge in [0.2, 0.25) is 5.95 Å². The lowest BCUT2D eigenvalue weighted by atomic mass is 10.00. The molecule has 1 atom stereocenters. The summed E-state index contributed by atoms with van der Waals surface area (Å²) in [5.74, 6) is -1.96. The van der Waals surface area contributed by atoms with E-state index in [1.807, 2.05) is 13.0 Å². The van der Waals surface area contributed by atoms with Crippen molar-refractivity contribution in [3.05, 3.63) is 61.8 Å². The van der Waals surface area contributed by atoms with Crippen LogP contribution in [0.25, 0.3) is 23.5 Å². The first-order valence-corrected chi connectivity index (χ1v) is 10.1. The highest BCUT2D eigenvalue weighted by molar-refractivity contribution is 5.67. The Morgan fingerprint density at radius 2 is 1.91 bits per heavy atom. The Morgan fingerprint density at radius 3 is 2.48 bits per heavy atom. The van der Waals surface area contributed by atoms with Crippen LogP contribution in [0.5, 0.6) is 0 Å². The molecule has 0 amide bonds. The van der Waals surface area contributed by atoms with Gasteiger partial charge in [-0.05, 0) is 38.5 Å². The van der Waals surface area contributed by atoms with Crippen molar-refractivity contribution in [1.29, 1.82) is 5.26 Å². The summed E-state index contributed by atoms with van der Waals surface area (Å²) in [5, 5.41) is 12.7. The summed E-state index contributed by atoms with van der Waals surface area (Å²) in [7, 11) is 0. The van der Waals surface area contributed by atoms with Crippen LogP contribution in [0, 0.1) is 23.0 Å². The molecule has 33 heavy (non-hydrogen) atoms. The fourth-order valence-electron chi connectivity index (χ4n) is 3.47. The maximum absolute atomic E-state index is 14.0. The van der Waals surface area contributed by atoms with Crippen LogP contribution in [0.1, 0.15) is 44.4 Å². The Balaban J connectivity index is 2.32. The molecule has 1 unspecified atom stereocenters. The van der Waals surface area contributed by atoms with Crippen molar-refractivity contribution < 1.29 is 13.2 Å². The zero-order valence-corrected chi connectivity index (χ0v) is 18.2. The molecule has 0 spiro atoms. The zero-order chi connectivity index (χ0) is 24.3. The maximum Gasteiger partial charge on any atom is 0.224 e. The first-order valence-electron chi connectivity index (χ1n) is 10.1. The van der Waals surface area contributed by atoms with Crippen molar-refractivity contribution in [2.24, 2.45) is 0 Å². The number of halogens is 2. The summed E-state index contributed by atoms with van der Waals surface area (Å²) < 4.78 is 34.0. The molecule has 1 aromatic carbocycles. The average Bonchev–Trinajstić information content (AvgIpc) is 2.73. The Bertz CT molecular complexity index is 1420. The van der Waals surface area contributed by atoms with E-state index in [9.17, 15) is 18.8 Å². The molecule has 3 rings (SSSR count). The molecule has 2 heterocycles. The second-order valence-corrected chi connectivity index (χ2v) is 7.18. The first kappa shape index (κ1) is 23.4. The van der Waals surface area contributed by atoms with Crippen LogP contribution in [0.2, 0.25) is 0 Å². The van der Waals surface area contributed by atoms with Gasteiger partial charge in [0.05, 0.1) is 16.8 Å². The summed E-state index contributed by atoms with van der Waals surface area (Å²) in [6.07, 6.45) is 3.86. The van der Waals surface area contributed by atoms with Crippen LogP contribution in [0.3, 0.4) is 0 Å². The van der Waals surface area contributed by atoms with Crippen LogP contribution in [-0.2, 0) is 0 Å². The van der Waals surface area contributed by atoms with E-state index in [2.05, 4.69) is 15.3 Å². The lowest BCUT2D eigenvalue weighted by Crippen LogP contribution is -2.42. The Kier molecular flexibility index (Phi) is 6.72. The smallest absolute Gasteiger partial charge is 0.224 e. The zero-order valence-electron chi connectivity index (χ0n) is 18.2. The number of anilines is 3. The number of nitrogens with one attached hydrogen (secondary N) is 1. The Labute approximate surface area is 187 Å². The highest BCUT2D eigenvalue weighted by atomic mass is 19.1. The molecule has 0 bridgehead atoms. The lowest BCUT2D eigenvalue weighted by molar-refractivity contribution is 0.509. The van der Waals surface area contributed by atoms with Gasteiger partial charge >= 0.3 is 0 Å². The van der Waals surface area contributed by atoms with Gasteiger partial charge < -0.3 is 21.2 Å². The van der Waals surface area contributed by atoms with Crippen LogP contribution in [0.15, 0.2) is 27.4 Å². The number of hydrogen-bond acceptors (Lipinski definition) is 8. The van der Waals surface area contributed by atoms with Crippen molar-refractivity contribution in [2.45, 2.75) is 33.2 Å². The van der Waals surface area contributed by atoms with E-state index in [-0.39, 0.29) is 45.5 Å². The van der Waals surface area contributed by atoms with Gasteiger partial charge in [-0.2, -0.15) is 15.2 Å². The fraction of sp³-hybridized carbons (Fsp3) is 0.217. The summed E-state index contributed by atoms with van der Waals surface area (Å²) >= 11 is 0. The quantitative estimate of drug-likeness (QED) is 0.536. The molecule has 2 aromatic heterocycles. The minimum absolute atomic E-state index is 0.0120. The maximum atomic E-state index is 14.0. The van der Waals surface area contributed by atoms with Crippen molar-refractivity contribution in [1.82, 2.24) is 9.97 Å². The SMILES string of the molecule is C/C=c1/oc(-c2cc(F)cc(F)c2)c(C(C)Nc2nc(N)nc(N)c2C#N)c(=O)/c1=C/CC. The molecule has 0 saturated carbocycles. The highest BCUT2D eigenvalue weighted by Gasteiger charge is 2.23. The number of aromatic nitrogens is 2. The van der Waals surface area contributed by atoms with Crippen molar-refractivity contribution in [3.8, 4) is 17.4 Å². The van der Waals surface area contributed by atoms with Crippen LogP contribution < -0.4 is 32.8 Å².